The Balaban J connectivity index is 1.77. The van der Waals surface area contributed by atoms with Crippen LogP contribution in [0.25, 0.3) is 21.3 Å². The third-order valence-corrected chi connectivity index (χ3v) is 6.28. The Hall–Kier alpha value is -3.71. The summed E-state index contributed by atoms with van der Waals surface area (Å²) < 4.78 is 0. The first-order valence-electron chi connectivity index (χ1n) is 8.58. The van der Waals surface area contributed by atoms with Gasteiger partial charge < -0.3 is 10.4 Å². The Labute approximate surface area is 162 Å². The van der Waals surface area contributed by atoms with E-state index in [1.54, 1.807) is 22.5 Å². The summed E-state index contributed by atoms with van der Waals surface area (Å²) in [5.74, 6) is 0. The summed E-state index contributed by atoms with van der Waals surface area (Å²) in [6.45, 7) is 0. The van der Waals surface area contributed by atoms with E-state index in [2.05, 4.69) is 10.3 Å². The van der Waals surface area contributed by atoms with E-state index in [-0.39, 0.29) is 6.03 Å². The number of carbonyl (C=O) groups excluding carboxylic acids is 1. The second-order valence-electron chi connectivity index (χ2n) is 6.29. The number of urea groups is 1. The number of thiophene rings is 1. The Bertz CT molecular complexity index is 1250. The molecule has 1 aliphatic heterocycles. The van der Waals surface area contributed by atoms with E-state index in [1.165, 1.54) is 0 Å². The van der Waals surface area contributed by atoms with E-state index < -0.39 is 15.8 Å². The van der Waals surface area contributed by atoms with E-state index in [9.17, 15) is 14.7 Å². The van der Waals surface area contributed by atoms with Crippen LogP contribution >= 0.6 is 10.5 Å². The molecule has 136 valence electrons. The summed E-state index contributed by atoms with van der Waals surface area (Å²) in [4.78, 5) is 31.0. The van der Waals surface area contributed by atoms with Crippen LogP contribution in [-0.2, 0) is 0 Å². The standard InChI is InChI=1S/C21H13N3O3S/c25-20-23-15-12-28(21(26)27)19-18(15)17(10-11-22-19)24(20)16-9-5-4-8-14(16)13-6-2-1-3-7-13/h1-12H,(H-,23,25,26,27)/p+1. The number of carboxylic acid groups (broad SMARTS) is 1. The van der Waals surface area contributed by atoms with Crippen molar-refractivity contribution >= 4 is 49.1 Å². The van der Waals surface area contributed by atoms with Gasteiger partial charge in [0.15, 0.2) is 5.38 Å². The largest absolute Gasteiger partial charge is 0.554 e. The fourth-order valence-corrected chi connectivity index (χ4v) is 4.95. The van der Waals surface area contributed by atoms with Crippen molar-refractivity contribution in [3.63, 3.8) is 0 Å². The second kappa shape index (κ2) is 6.17. The molecule has 5 rings (SSSR count). The van der Waals surface area contributed by atoms with Crippen LogP contribution in [0.3, 0.4) is 0 Å². The number of anilines is 3. The molecule has 28 heavy (non-hydrogen) atoms. The summed E-state index contributed by atoms with van der Waals surface area (Å²) in [5, 5.41) is 13.6. The van der Waals surface area contributed by atoms with E-state index in [1.807, 2.05) is 54.6 Å². The van der Waals surface area contributed by atoms with Gasteiger partial charge in [0.05, 0.1) is 11.4 Å². The lowest BCUT2D eigenvalue weighted by molar-refractivity contribution is 0.221. The Kier molecular flexibility index (Phi) is 3.63. The third-order valence-electron chi connectivity index (χ3n) is 4.71. The zero-order valence-corrected chi connectivity index (χ0v) is 15.3. The minimum absolute atomic E-state index is 0.324. The van der Waals surface area contributed by atoms with Crippen LogP contribution in [0.5, 0.6) is 0 Å². The summed E-state index contributed by atoms with van der Waals surface area (Å²) >= 11 is 0. The van der Waals surface area contributed by atoms with E-state index in [0.717, 1.165) is 16.8 Å². The van der Waals surface area contributed by atoms with Crippen molar-refractivity contribution in [1.82, 2.24) is 4.98 Å². The average Bonchev–Trinajstić information content (AvgIpc) is 3.09. The Morgan fingerprint density at radius 3 is 2.54 bits per heavy atom. The van der Waals surface area contributed by atoms with Gasteiger partial charge in [0.25, 0.3) is 4.83 Å². The van der Waals surface area contributed by atoms with Gasteiger partial charge in [-0.1, -0.05) is 48.5 Å². The molecule has 0 fully saturated rings. The van der Waals surface area contributed by atoms with Crippen molar-refractivity contribution in [3.8, 4) is 11.1 Å². The first kappa shape index (κ1) is 16.5. The number of pyridine rings is 1. The molecular weight excluding hydrogens is 374 g/mol. The fraction of sp³-hybridized carbons (Fsp3) is 0. The van der Waals surface area contributed by atoms with Gasteiger partial charge in [-0.05, 0) is 17.7 Å². The maximum atomic E-state index is 13.0. The molecule has 4 aromatic rings. The number of carbonyl (C=O) groups is 2. The van der Waals surface area contributed by atoms with Gasteiger partial charge >= 0.3 is 11.3 Å². The van der Waals surface area contributed by atoms with Crippen LogP contribution in [0.2, 0.25) is 0 Å². The molecule has 2 aromatic carbocycles. The van der Waals surface area contributed by atoms with Crippen LogP contribution in [0.4, 0.5) is 26.7 Å². The van der Waals surface area contributed by atoms with E-state index >= 15 is 0 Å². The lowest BCUT2D eigenvalue weighted by Crippen LogP contribution is -2.33. The van der Waals surface area contributed by atoms with Crippen molar-refractivity contribution in [3.05, 3.63) is 72.2 Å². The Morgan fingerprint density at radius 2 is 1.75 bits per heavy atom. The molecule has 1 aliphatic rings. The highest BCUT2D eigenvalue weighted by atomic mass is 32.2. The van der Waals surface area contributed by atoms with Crippen LogP contribution < -0.4 is 10.2 Å². The molecule has 0 bridgehead atoms. The molecule has 1 atom stereocenters. The number of para-hydroxylation sites is 1. The second-order valence-corrected chi connectivity index (χ2v) is 7.94. The quantitative estimate of drug-likeness (QED) is 0.431. The fourth-order valence-electron chi connectivity index (χ4n) is 3.55. The van der Waals surface area contributed by atoms with Crippen LogP contribution in [0, 0.1) is 0 Å². The number of amides is 2. The number of rotatable bonds is 3. The van der Waals surface area contributed by atoms with Crippen molar-refractivity contribution in [2.24, 2.45) is 0 Å². The van der Waals surface area contributed by atoms with Gasteiger partial charge in [0.1, 0.15) is 21.5 Å². The van der Waals surface area contributed by atoms with Crippen molar-refractivity contribution in [2.75, 3.05) is 10.2 Å². The highest BCUT2D eigenvalue weighted by Crippen LogP contribution is 2.48. The molecule has 2 N–H and O–H groups in total. The lowest BCUT2D eigenvalue weighted by Gasteiger charge is -2.28. The number of nitrogens with one attached hydrogen (secondary N) is 1. The van der Waals surface area contributed by atoms with Gasteiger partial charge in [-0.15, -0.1) is 0 Å². The first-order valence-corrected chi connectivity index (χ1v) is 9.87. The molecule has 2 aromatic heterocycles. The molecule has 0 saturated heterocycles. The van der Waals surface area contributed by atoms with E-state index in [4.69, 9.17) is 0 Å². The SMILES string of the molecule is O=C1Nc2c[s+](C(=O)O)c3nccc(c23)N1c1ccccc1-c1ccccc1. The molecule has 0 spiro atoms. The lowest BCUT2D eigenvalue weighted by atomic mass is 10.0. The zero-order chi connectivity index (χ0) is 19.3. The van der Waals surface area contributed by atoms with Crippen molar-refractivity contribution < 1.29 is 14.7 Å². The smallest absolute Gasteiger partial charge is 0.437 e. The van der Waals surface area contributed by atoms with Gasteiger partial charge in [-0.25, -0.2) is 9.78 Å². The average molecular weight is 388 g/mol. The predicted molar refractivity (Wildman–Crippen MR) is 111 cm³/mol. The molecular formula is C21H14N3O3S+. The van der Waals surface area contributed by atoms with Crippen LogP contribution in [-0.4, -0.2) is 21.4 Å². The Morgan fingerprint density at radius 1 is 1.00 bits per heavy atom. The molecule has 0 aliphatic carbocycles. The maximum absolute atomic E-state index is 13.0. The van der Waals surface area contributed by atoms with Crippen molar-refractivity contribution in [1.29, 1.82) is 0 Å². The van der Waals surface area contributed by atoms with Gasteiger partial charge in [0, 0.05) is 11.8 Å². The minimum atomic E-state index is -1.18. The number of aromatic nitrogens is 1. The predicted octanol–water partition coefficient (Wildman–Crippen LogP) is 5.86. The summed E-state index contributed by atoms with van der Waals surface area (Å²) in [6, 6.07) is 18.9. The number of hydrogen-bond donors (Lipinski definition) is 2. The van der Waals surface area contributed by atoms with Gasteiger partial charge in [-0.2, -0.15) is 4.79 Å². The van der Waals surface area contributed by atoms with Gasteiger partial charge in [-0.3, -0.25) is 4.90 Å². The number of hydrogen-bond acceptors (Lipinski definition) is 3. The molecule has 6 nitrogen and oxygen atoms in total. The highest BCUT2D eigenvalue weighted by Gasteiger charge is 2.36. The maximum Gasteiger partial charge on any atom is 0.554 e. The highest BCUT2D eigenvalue weighted by molar-refractivity contribution is 7.54. The molecule has 0 radical (unpaired) electrons. The molecule has 2 amide bonds. The third kappa shape index (κ3) is 2.37. The van der Waals surface area contributed by atoms with Crippen LogP contribution in [0.1, 0.15) is 0 Å². The molecule has 7 heteroatoms. The normalized spacial score (nSPS) is 13.5. The summed E-state index contributed by atoms with van der Waals surface area (Å²) in [6.07, 6.45) is 1.56. The van der Waals surface area contributed by atoms with E-state index in [0.29, 0.717) is 21.6 Å². The van der Waals surface area contributed by atoms with Gasteiger partial charge in [0.2, 0.25) is 0 Å². The first-order chi connectivity index (χ1) is 13.6. The monoisotopic (exact) mass is 388 g/mol. The zero-order valence-electron chi connectivity index (χ0n) is 14.5. The number of nitrogens with zero attached hydrogens (tertiary/aromatic N) is 2. The summed E-state index contributed by atoms with van der Waals surface area (Å²) in [5.41, 5.74) is 3.78. The topological polar surface area (TPSA) is 82.5 Å². The van der Waals surface area contributed by atoms with Crippen molar-refractivity contribution in [2.45, 2.75) is 0 Å². The minimum Gasteiger partial charge on any atom is -0.437 e. The summed E-state index contributed by atoms with van der Waals surface area (Å²) in [7, 11) is -1.18. The number of benzene rings is 2. The van der Waals surface area contributed by atoms with Crippen LogP contribution in [0.15, 0.2) is 72.2 Å². The molecule has 3 heterocycles. The molecule has 0 saturated carbocycles. The molecule has 1 unspecified atom stereocenters.